The summed E-state index contributed by atoms with van der Waals surface area (Å²) in [6, 6.07) is 6.30. The third kappa shape index (κ3) is 2.76. The molecule has 1 aromatic carbocycles. The van der Waals surface area contributed by atoms with Crippen molar-refractivity contribution in [2.45, 2.75) is 13.1 Å². The molecule has 2 nitrogen and oxygen atoms in total. The summed E-state index contributed by atoms with van der Waals surface area (Å²) in [5.74, 6) is -1.33. The predicted molar refractivity (Wildman–Crippen MR) is 48.5 cm³/mol. The molecule has 0 atom stereocenters. The van der Waals surface area contributed by atoms with Crippen LogP contribution < -0.4 is 5.73 Å². The van der Waals surface area contributed by atoms with Crippen molar-refractivity contribution in [3.63, 3.8) is 0 Å². The van der Waals surface area contributed by atoms with Crippen LogP contribution in [0.2, 0.25) is 0 Å². The van der Waals surface area contributed by atoms with Crippen LogP contribution in [0.4, 0.5) is 18.9 Å². The van der Waals surface area contributed by atoms with Crippen LogP contribution in [0.3, 0.4) is 0 Å². The van der Waals surface area contributed by atoms with Crippen LogP contribution in [-0.2, 0) is 0 Å². The van der Waals surface area contributed by atoms with E-state index in [1.807, 2.05) is 6.92 Å². The molecule has 0 amide bonds. The topological polar surface area (TPSA) is 38.4 Å². The van der Waals surface area contributed by atoms with E-state index in [2.05, 4.69) is 4.99 Å². The zero-order valence-electron chi connectivity index (χ0n) is 7.47. The maximum atomic E-state index is 12.0. The Morgan fingerprint density at radius 2 is 1.71 bits per heavy atom. The fraction of sp³-hybridized carbons (Fsp3) is 0.222. The zero-order valence-corrected chi connectivity index (χ0v) is 7.47. The molecule has 0 saturated heterocycles. The highest BCUT2D eigenvalue weighted by molar-refractivity contribution is 5.88. The fourth-order valence-corrected chi connectivity index (χ4v) is 0.822. The van der Waals surface area contributed by atoms with Gasteiger partial charge in [-0.15, -0.1) is 0 Å². The molecular formula is C9H9F3N2. The van der Waals surface area contributed by atoms with Crippen molar-refractivity contribution in [2.75, 3.05) is 0 Å². The molecule has 0 aromatic heterocycles. The first-order chi connectivity index (χ1) is 6.39. The Hall–Kier alpha value is -1.52. The van der Waals surface area contributed by atoms with Gasteiger partial charge in [-0.2, -0.15) is 13.2 Å². The van der Waals surface area contributed by atoms with Crippen LogP contribution in [0.1, 0.15) is 5.56 Å². The van der Waals surface area contributed by atoms with Gasteiger partial charge in [0.25, 0.3) is 0 Å². The van der Waals surface area contributed by atoms with Gasteiger partial charge in [0.05, 0.1) is 5.69 Å². The number of hydrogen-bond acceptors (Lipinski definition) is 1. The lowest BCUT2D eigenvalue weighted by Gasteiger charge is -2.04. The van der Waals surface area contributed by atoms with Crippen LogP contribution in [0.25, 0.3) is 0 Å². The summed E-state index contributed by atoms with van der Waals surface area (Å²) in [5, 5.41) is 0. The highest BCUT2D eigenvalue weighted by Gasteiger charge is 2.33. The Bertz CT molecular complexity index is 338. The quantitative estimate of drug-likeness (QED) is 0.551. The smallest absolute Gasteiger partial charge is 0.380 e. The number of nitrogens with zero attached hydrogens (tertiary/aromatic N) is 1. The van der Waals surface area contributed by atoms with Crippen molar-refractivity contribution in [1.82, 2.24) is 0 Å². The van der Waals surface area contributed by atoms with Crippen molar-refractivity contribution in [3.05, 3.63) is 29.8 Å². The monoisotopic (exact) mass is 202 g/mol. The highest BCUT2D eigenvalue weighted by Crippen LogP contribution is 2.19. The molecule has 0 aliphatic heterocycles. The van der Waals surface area contributed by atoms with Gasteiger partial charge >= 0.3 is 6.18 Å². The van der Waals surface area contributed by atoms with Gasteiger partial charge in [-0.25, -0.2) is 4.99 Å². The Morgan fingerprint density at radius 1 is 1.21 bits per heavy atom. The normalized spacial score (nSPS) is 13.0. The third-order valence-electron chi connectivity index (χ3n) is 1.57. The van der Waals surface area contributed by atoms with Crippen LogP contribution in [-0.4, -0.2) is 12.0 Å². The van der Waals surface area contributed by atoms with Crippen LogP contribution in [0.15, 0.2) is 29.3 Å². The fourth-order valence-electron chi connectivity index (χ4n) is 0.822. The third-order valence-corrected chi connectivity index (χ3v) is 1.57. The predicted octanol–water partition coefficient (Wildman–Crippen LogP) is 2.55. The number of hydrogen-bond donors (Lipinski definition) is 1. The number of halogens is 3. The summed E-state index contributed by atoms with van der Waals surface area (Å²) in [6.45, 7) is 1.83. The molecule has 1 rings (SSSR count). The lowest BCUT2D eigenvalue weighted by atomic mass is 10.2. The molecule has 0 radical (unpaired) electrons. The van der Waals surface area contributed by atoms with E-state index in [4.69, 9.17) is 5.73 Å². The Kier molecular flexibility index (Phi) is 2.78. The number of aryl methyl sites for hydroxylation is 1. The molecule has 0 unspecified atom stereocenters. The minimum atomic E-state index is -4.56. The first kappa shape index (κ1) is 10.6. The largest absolute Gasteiger partial charge is 0.448 e. The number of benzene rings is 1. The Morgan fingerprint density at radius 3 is 2.14 bits per heavy atom. The lowest BCUT2D eigenvalue weighted by Crippen LogP contribution is -2.30. The molecule has 2 N–H and O–H groups in total. The van der Waals surface area contributed by atoms with Crippen LogP contribution in [0.5, 0.6) is 0 Å². The van der Waals surface area contributed by atoms with E-state index in [1.165, 1.54) is 12.1 Å². The number of nitrogens with two attached hydrogens (primary N) is 1. The average Bonchev–Trinajstić information content (AvgIpc) is 2.07. The molecule has 76 valence electrons. The second kappa shape index (κ2) is 3.69. The van der Waals surface area contributed by atoms with Gasteiger partial charge in [0, 0.05) is 0 Å². The van der Waals surface area contributed by atoms with E-state index in [9.17, 15) is 13.2 Å². The Labute approximate surface area is 79.3 Å². The molecule has 1 aromatic rings. The van der Waals surface area contributed by atoms with Crippen molar-refractivity contribution in [1.29, 1.82) is 0 Å². The summed E-state index contributed by atoms with van der Waals surface area (Å²) in [6.07, 6.45) is -4.56. The van der Waals surface area contributed by atoms with Gasteiger partial charge in [0.15, 0.2) is 0 Å². The number of rotatable bonds is 1. The standard InChI is InChI=1S/C9H9F3N2/c1-6-2-4-7(5-3-6)14-8(13)9(10,11)12/h2-5H,1H3,(H2,13,14). The molecular weight excluding hydrogens is 193 g/mol. The van der Waals surface area contributed by atoms with E-state index < -0.39 is 12.0 Å². The maximum Gasteiger partial charge on any atom is 0.448 e. The number of aliphatic imine (C=N–C) groups is 1. The van der Waals surface area contributed by atoms with E-state index in [0.29, 0.717) is 0 Å². The van der Waals surface area contributed by atoms with Gasteiger partial charge < -0.3 is 5.73 Å². The highest BCUT2D eigenvalue weighted by atomic mass is 19.4. The molecule has 0 saturated carbocycles. The molecule has 0 fully saturated rings. The van der Waals surface area contributed by atoms with Crippen LogP contribution >= 0.6 is 0 Å². The van der Waals surface area contributed by atoms with Gasteiger partial charge in [0.2, 0.25) is 5.84 Å². The van der Waals surface area contributed by atoms with Gasteiger partial charge in [-0.3, -0.25) is 0 Å². The van der Waals surface area contributed by atoms with Crippen molar-refractivity contribution >= 4 is 11.5 Å². The summed E-state index contributed by atoms with van der Waals surface area (Å²) < 4.78 is 35.9. The number of amidine groups is 1. The van der Waals surface area contributed by atoms with Crippen molar-refractivity contribution in [2.24, 2.45) is 10.7 Å². The second-order valence-electron chi connectivity index (χ2n) is 2.83. The second-order valence-corrected chi connectivity index (χ2v) is 2.83. The van der Waals surface area contributed by atoms with Crippen molar-refractivity contribution < 1.29 is 13.2 Å². The molecule has 0 aliphatic rings. The zero-order chi connectivity index (χ0) is 10.8. The van der Waals surface area contributed by atoms with Crippen LogP contribution in [0, 0.1) is 6.92 Å². The maximum absolute atomic E-state index is 12.0. The van der Waals surface area contributed by atoms with Gasteiger partial charge in [-0.1, -0.05) is 17.7 Å². The molecule has 0 heterocycles. The molecule has 0 bridgehead atoms. The molecule has 5 heteroatoms. The van der Waals surface area contributed by atoms with E-state index in [1.54, 1.807) is 12.1 Å². The summed E-state index contributed by atoms with van der Waals surface area (Å²) in [7, 11) is 0. The minimum absolute atomic E-state index is 0.199. The average molecular weight is 202 g/mol. The summed E-state index contributed by atoms with van der Waals surface area (Å²) in [4.78, 5) is 3.24. The first-order valence-electron chi connectivity index (χ1n) is 3.87. The van der Waals surface area contributed by atoms with E-state index in [-0.39, 0.29) is 5.69 Å². The Balaban J connectivity index is 2.93. The lowest BCUT2D eigenvalue weighted by molar-refractivity contribution is -0.0597. The number of alkyl halides is 3. The van der Waals surface area contributed by atoms with E-state index >= 15 is 0 Å². The van der Waals surface area contributed by atoms with Gasteiger partial charge in [0.1, 0.15) is 0 Å². The minimum Gasteiger partial charge on any atom is -0.380 e. The molecule has 0 aliphatic carbocycles. The van der Waals surface area contributed by atoms with Crippen molar-refractivity contribution in [3.8, 4) is 0 Å². The van der Waals surface area contributed by atoms with Gasteiger partial charge in [-0.05, 0) is 19.1 Å². The molecule has 14 heavy (non-hydrogen) atoms. The summed E-state index contributed by atoms with van der Waals surface area (Å²) in [5.41, 5.74) is 5.90. The first-order valence-corrected chi connectivity index (χ1v) is 3.87. The van der Waals surface area contributed by atoms with E-state index in [0.717, 1.165) is 5.56 Å². The summed E-state index contributed by atoms with van der Waals surface area (Å²) >= 11 is 0. The molecule has 0 spiro atoms. The SMILES string of the molecule is Cc1ccc(N=C(N)C(F)(F)F)cc1.